The maximum absolute atomic E-state index is 12.5. The minimum Gasteiger partial charge on any atom is -0.485 e. The summed E-state index contributed by atoms with van der Waals surface area (Å²) in [6.45, 7) is 2.29. The van der Waals surface area contributed by atoms with Gasteiger partial charge in [-0.2, -0.15) is 0 Å². The number of hydrogen-bond donors (Lipinski definition) is 1. The average Bonchev–Trinajstić information content (AvgIpc) is 3.43. The van der Waals surface area contributed by atoms with Crippen LogP contribution in [-0.4, -0.2) is 31.4 Å². The van der Waals surface area contributed by atoms with Crippen molar-refractivity contribution in [2.45, 2.75) is 18.7 Å². The number of nitrogens with zero attached hydrogens (tertiary/aromatic N) is 4. The fourth-order valence-corrected chi connectivity index (χ4v) is 5.24. The first kappa shape index (κ1) is 23.1. The van der Waals surface area contributed by atoms with Crippen molar-refractivity contribution < 1.29 is 9.53 Å². The second kappa shape index (κ2) is 10.3. The Kier molecular flexibility index (Phi) is 6.78. The zero-order chi connectivity index (χ0) is 24.2. The molecule has 0 bridgehead atoms. The lowest BCUT2D eigenvalue weighted by Gasteiger charge is -2.09. The van der Waals surface area contributed by atoms with Crippen LogP contribution in [0.2, 0.25) is 0 Å². The highest BCUT2D eigenvalue weighted by Crippen LogP contribution is 2.30. The van der Waals surface area contributed by atoms with Gasteiger partial charge in [-0.1, -0.05) is 78.5 Å². The van der Waals surface area contributed by atoms with Gasteiger partial charge in [-0.25, -0.2) is 4.98 Å². The Bertz CT molecular complexity index is 1470. The number of aromatic nitrogens is 4. The normalized spacial score (nSPS) is 11.0. The molecule has 0 spiro atoms. The van der Waals surface area contributed by atoms with Gasteiger partial charge in [0, 0.05) is 22.9 Å². The minimum atomic E-state index is -0.139. The molecule has 176 valence electrons. The van der Waals surface area contributed by atoms with Gasteiger partial charge in [0.15, 0.2) is 16.1 Å². The SMILES string of the molecule is Cc1sc(NC(=O)CSc2nnc(COc3cccc4ccccc34)n2C)nc1-c1ccccc1. The molecule has 0 saturated carbocycles. The number of nitrogens with one attached hydrogen (secondary N) is 1. The maximum Gasteiger partial charge on any atom is 0.236 e. The molecular formula is C26H23N5O2S2. The number of thioether (sulfide) groups is 1. The highest BCUT2D eigenvalue weighted by atomic mass is 32.2. The lowest BCUT2D eigenvalue weighted by molar-refractivity contribution is -0.113. The Hall–Kier alpha value is -3.69. The summed E-state index contributed by atoms with van der Waals surface area (Å²) in [6, 6.07) is 24.0. The van der Waals surface area contributed by atoms with E-state index in [1.807, 2.05) is 79.2 Å². The summed E-state index contributed by atoms with van der Waals surface area (Å²) in [7, 11) is 1.87. The van der Waals surface area contributed by atoms with E-state index in [1.165, 1.54) is 23.1 Å². The molecule has 0 aliphatic carbocycles. The molecule has 0 fully saturated rings. The van der Waals surface area contributed by atoms with E-state index < -0.39 is 0 Å². The lowest BCUT2D eigenvalue weighted by atomic mass is 10.1. The van der Waals surface area contributed by atoms with E-state index in [0.717, 1.165) is 32.7 Å². The van der Waals surface area contributed by atoms with Gasteiger partial charge in [-0.05, 0) is 18.4 Å². The predicted molar refractivity (Wildman–Crippen MR) is 141 cm³/mol. The highest BCUT2D eigenvalue weighted by molar-refractivity contribution is 7.99. The van der Waals surface area contributed by atoms with Crippen molar-refractivity contribution in [2.24, 2.45) is 7.05 Å². The molecular weight excluding hydrogens is 478 g/mol. The minimum absolute atomic E-state index is 0.139. The van der Waals surface area contributed by atoms with Crippen LogP contribution < -0.4 is 10.1 Å². The molecule has 1 amide bonds. The molecule has 2 heterocycles. The van der Waals surface area contributed by atoms with Gasteiger partial charge in [0.2, 0.25) is 5.91 Å². The third-order valence-corrected chi connectivity index (χ3v) is 7.36. The summed E-state index contributed by atoms with van der Waals surface area (Å²) >= 11 is 2.80. The van der Waals surface area contributed by atoms with Crippen molar-refractivity contribution in [1.29, 1.82) is 0 Å². The number of fused-ring (bicyclic) bond motifs is 1. The van der Waals surface area contributed by atoms with E-state index in [1.54, 1.807) is 0 Å². The smallest absolute Gasteiger partial charge is 0.236 e. The Labute approximate surface area is 211 Å². The molecule has 3 aromatic carbocycles. The summed E-state index contributed by atoms with van der Waals surface area (Å²) in [5.41, 5.74) is 1.93. The third kappa shape index (κ3) is 5.21. The van der Waals surface area contributed by atoms with Gasteiger partial charge in [0.25, 0.3) is 0 Å². The molecule has 7 nitrogen and oxygen atoms in total. The van der Waals surface area contributed by atoms with E-state index in [-0.39, 0.29) is 18.3 Å². The van der Waals surface area contributed by atoms with Crippen molar-refractivity contribution in [3.05, 3.63) is 83.5 Å². The number of amides is 1. The molecule has 0 saturated heterocycles. The number of carbonyl (C=O) groups excluding carboxylic acids is 1. The van der Waals surface area contributed by atoms with Crippen LogP contribution in [0.25, 0.3) is 22.0 Å². The quantitative estimate of drug-likeness (QED) is 0.274. The number of benzene rings is 3. The highest BCUT2D eigenvalue weighted by Gasteiger charge is 2.15. The summed E-state index contributed by atoms with van der Waals surface area (Å²) in [6.07, 6.45) is 0. The van der Waals surface area contributed by atoms with E-state index in [9.17, 15) is 4.79 Å². The predicted octanol–water partition coefficient (Wildman–Crippen LogP) is 5.71. The Morgan fingerprint density at radius 2 is 1.80 bits per heavy atom. The van der Waals surface area contributed by atoms with Crippen LogP contribution in [0.4, 0.5) is 5.13 Å². The van der Waals surface area contributed by atoms with Crippen molar-refractivity contribution in [1.82, 2.24) is 19.7 Å². The van der Waals surface area contributed by atoms with Crippen LogP contribution in [0.1, 0.15) is 10.7 Å². The Morgan fingerprint density at radius 1 is 1.03 bits per heavy atom. The molecule has 2 aromatic heterocycles. The largest absolute Gasteiger partial charge is 0.485 e. The Morgan fingerprint density at radius 3 is 2.66 bits per heavy atom. The number of rotatable bonds is 8. The van der Waals surface area contributed by atoms with Gasteiger partial charge >= 0.3 is 0 Å². The first-order chi connectivity index (χ1) is 17.1. The first-order valence-corrected chi connectivity index (χ1v) is 12.8. The zero-order valence-electron chi connectivity index (χ0n) is 19.3. The lowest BCUT2D eigenvalue weighted by Crippen LogP contribution is -2.14. The number of thiazole rings is 1. The van der Waals surface area contributed by atoms with E-state index in [4.69, 9.17) is 4.74 Å². The molecule has 9 heteroatoms. The fraction of sp³-hybridized carbons (Fsp3) is 0.154. The first-order valence-electron chi connectivity index (χ1n) is 11.0. The molecule has 5 rings (SSSR count). The zero-order valence-corrected chi connectivity index (χ0v) is 20.9. The van der Waals surface area contributed by atoms with E-state index in [0.29, 0.717) is 16.1 Å². The maximum atomic E-state index is 12.5. The van der Waals surface area contributed by atoms with E-state index in [2.05, 4.69) is 32.6 Å². The van der Waals surface area contributed by atoms with Crippen LogP contribution in [-0.2, 0) is 18.4 Å². The van der Waals surface area contributed by atoms with Crippen LogP contribution in [0.15, 0.2) is 78.0 Å². The van der Waals surface area contributed by atoms with Gasteiger partial charge in [0.1, 0.15) is 12.4 Å². The van der Waals surface area contributed by atoms with Crippen molar-refractivity contribution in [2.75, 3.05) is 11.1 Å². The molecule has 0 aliphatic heterocycles. The molecule has 1 N–H and O–H groups in total. The molecule has 0 aliphatic rings. The second-order valence-electron chi connectivity index (χ2n) is 7.85. The number of ether oxygens (including phenoxy) is 1. The molecule has 35 heavy (non-hydrogen) atoms. The van der Waals surface area contributed by atoms with Gasteiger partial charge < -0.3 is 14.6 Å². The number of aryl methyl sites for hydroxylation is 1. The van der Waals surface area contributed by atoms with Crippen LogP contribution >= 0.6 is 23.1 Å². The van der Waals surface area contributed by atoms with Crippen molar-refractivity contribution in [3.63, 3.8) is 0 Å². The van der Waals surface area contributed by atoms with Crippen LogP contribution in [0.3, 0.4) is 0 Å². The van der Waals surface area contributed by atoms with Crippen LogP contribution in [0, 0.1) is 6.92 Å². The molecule has 0 atom stereocenters. The second-order valence-corrected chi connectivity index (χ2v) is 10.00. The van der Waals surface area contributed by atoms with Crippen LogP contribution in [0.5, 0.6) is 5.75 Å². The topological polar surface area (TPSA) is 81.9 Å². The standard InChI is InChI=1S/C26H23N5O2S2/c1-17-24(19-10-4-3-5-11-19)28-25(35-17)27-23(32)16-34-26-30-29-22(31(26)2)15-33-21-14-8-12-18-9-6-7-13-20(18)21/h3-14H,15-16H2,1-2H3,(H,27,28,32). The number of hydrogen-bond acceptors (Lipinski definition) is 7. The molecule has 0 radical (unpaired) electrons. The Balaban J connectivity index is 1.18. The summed E-state index contributed by atoms with van der Waals surface area (Å²) < 4.78 is 7.89. The van der Waals surface area contributed by atoms with E-state index >= 15 is 0 Å². The number of carbonyl (C=O) groups is 1. The summed E-state index contributed by atoms with van der Waals surface area (Å²) in [5, 5.41) is 14.8. The van der Waals surface area contributed by atoms with Crippen molar-refractivity contribution >= 4 is 44.9 Å². The van der Waals surface area contributed by atoms with Crippen molar-refractivity contribution in [3.8, 4) is 17.0 Å². The van der Waals surface area contributed by atoms with Gasteiger partial charge in [-0.3, -0.25) is 4.79 Å². The van der Waals surface area contributed by atoms with Gasteiger partial charge in [0.05, 0.1) is 11.4 Å². The third-order valence-electron chi connectivity index (χ3n) is 5.45. The monoisotopic (exact) mass is 501 g/mol. The fourth-order valence-electron chi connectivity index (χ4n) is 3.66. The number of anilines is 1. The molecule has 5 aromatic rings. The van der Waals surface area contributed by atoms with Gasteiger partial charge in [-0.15, -0.1) is 21.5 Å². The molecule has 0 unspecified atom stereocenters. The summed E-state index contributed by atoms with van der Waals surface area (Å²) in [5.74, 6) is 1.55. The average molecular weight is 502 g/mol. The summed E-state index contributed by atoms with van der Waals surface area (Å²) in [4.78, 5) is 18.2.